The molecule has 2 fully saturated rings. The first-order valence-corrected chi connectivity index (χ1v) is 4.74. The van der Waals surface area contributed by atoms with Crippen molar-refractivity contribution >= 4 is 0 Å². The van der Waals surface area contributed by atoms with Crippen molar-refractivity contribution in [3.05, 3.63) is 0 Å². The van der Waals surface area contributed by atoms with Crippen LogP contribution in [0.25, 0.3) is 0 Å². The zero-order chi connectivity index (χ0) is 9.64. The monoisotopic (exact) mass is 187 g/mol. The quantitative estimate of drug-likeness (QED) is 0.600. The average Bonchev–Trinajstić information content (AvgIpc) is 2.47. The predicted molar refractivity (Wildman–Crippen MR) is 47.3 cm³/mol. The number of aliphatic hydroxyl groups is 1. The third kappa shape index (κ3) is 1.48. The summed E-state index contributed by atoms with van der Waals surface area (Å²) in [6, 6.07) is 0.210. The normalized spacial score (nSPS) is 48.0. The molecule has 1 aliphatic carbocycles. The summed E-state index contributed by atoms with van der Waals surface area (Å²) in [4.78, 5) is 0. The van der Waals surface area contributed by atoms with Gasteiger partial charge in [0.2, 0.25) is 0 Å². The van der Waals surface area contributed by atoms with Crippen molar-refractivity contribution in [1.29, 1.82) is 0 Å². The van der Waals surface area contributed by atoms with Gasteiger partial charge in [-0.15, -0.1) is 0 Å². The fraction of sp³-hybridized carbons (Fsp3) is 1.00. The lowest BCUT2D eigenvalue weighted by atomic mass is 10.2. The molecule has 0 unspecified atom stereocenters. The van der Waals surface area contributed by atoms with Gasteiger partial charge in [-0.1, -0.05) is 0 Å². The molecule has 2 N–H and O–H groups in total. The number of rotatable bonds is 1. The third-order valence-electron chi connectivity index (χ3n) is 2.81. The molecule has 0 aromatic rings. The average molecular weight is 187 g/mol. The molecular formula is C9H17NO3. The Hall–Kier alpha value is -0.160. The maximum atomic E-state index is 9.69. The smallest absolute Gasteiger partial charge is 0.163 e. The van der Waals surface area contributed by atoms with Crippen LogP contribution >= 0.6 is 0 Å². The van der Waals surface area contributed by atoms with Crippen molar-refractivity contribution in [1.82, 2.24) is 5.32 Å². The first-order valence-electron chi connectivity index (χ1n) is 4.74. The van der Waals surface area contributed by atoms with E-state index in [1.807, 2.05) is 20.9 Å². The molecule has 0 bridgehead atoms. The molecule has 0 aromatic heterocycles. The summed E-state index contributed by atoms with van der Waals surface area (Å²) >= 11 is 0. The topological polar surface area (TPSA) is 50.7 Å². The van der Waals surface area contributed by atoms with E-state index in [4.69, 9.17) is 9.47 Å². The summed E-state index contributed by atoms with van der Waals surface area (Å²) < 4.78 is 11.3. The Morgan fingerprint density at radius 1 is 1.31 bits per heavy atom. The Balaban J connectivity index is 2.12. The molecule has 2 aliphatic rings. The van der Waals surface area contributed by atoms with E-state index in [1.54, 1.807) is 0 Å². The molecule has 4 nitrogen and oxygen atoms in total. The molecule has 0 spiro atoms. The second kappa shape index (κ2) is 2.92. The van der Waals surface area contributed by atoms with Crippen molar-refractivity contribution in [3.63, 3.8) is 0 Å². The van der Waals surface area contributed by atoms with Gasteiger partial charge in [0, 0.05) is 6.04 Å². The van der Waals surface area contributed by atoms with Crippen molar-refractivity contribution in [2.24, 2.45) is 0 Å². The Kier molecular flexibility index (Phi) is 2.11. The second-order valence-corrected chi connectivity index (χ2v) is 4.26. The highest BCUT2D eigenvalue weighted by molar-refractivity contribution is 5.01. The van der Waals surface area contributed by atoms with E-state index in [2.05, 4.69) is 5.32 Å². The summed E-state index contributed by atoms with van der Waals surface area (Å²) in [5, 5.41) is 12.8. The number of hydrogen-bond acceptors (Lipinski definition) is 4. The van der Waals surface area contributed by atoms with E-state index in [-0.39, 0.29) is 18.2 Å². The molecular weight excluding hydrogens is 170 g/mol. The fourth-order valence-corrected chi connectivity index (χ4v) is 2.24. The molecule has 0 amide bonds. The van der Waals surface area contributed by atoms with Gasteiger partial charge in [0.15, 0.2) is 5.79 Å². The number of hydrogen-bond donors (Lipinski definition) is 2. The Morgan fingerprint density at radius 2 is 1.92 bits per heavy atom. The van der Waals surface area contributed by atoms with Gasteiger partial charge in [-0.25, -0.2) is 0 Å². The number of nitrogens with one attached hydrogen (secondary N) is 1. The molecule has 4 atom stereocenters. The zero-order valence-electron chi connectivity index (χ0n) is 8.28. The van der Waals surface area contributed by atoms with E-state index in [1.165, 1.54) is 0 Å². The lowest BCUT2D eigenvalue weighted by molar-refractivity contribution is -0.163. The van der Waals surface area contributed by atoms with Gasteiger partial charge in [0.25, 0.3) is 0 Å². The van der Waals surface area contributed by atoms with Crippen molar-refractivity contribution in [3.8, 4) is 0 Å². The van der Waals surface area contributed by atoms with Crippen molar-refractivity contribution in [2.45, 2.75) is 50.4 Å². The highest BCUT2D eigenvalue weighted by atomic mass is 16.8. The Morgan fingerprint density at radius 3 is 2.54 bits per heavy atom. The minimum Gasteiger partial charge on any atom is -0.390 e. The maximum Gasteiger partial charge on any atom is 0.163 e. The summed E-state index contributed by atoms with van der Waals surface area (Å²) in [6.07, 6.45) is 0.147. The highest BCUT2D eigenvalue weighted by Gasteiger charge is 2.53. The van der Waals surface area contributed by atoms with E-state index >= 15 is 0 Å². The standard InChI is InChI=1S/C9H17NO3/c1-9(2)12-7-5(10-3)4-6(11)8(7)13-9/h5-8,10-11H,4H2,1-3H3/t5-,6+,7+,8-/m1/s1. The molecule has 4 heteroatoms. The zero-order valence-corrected chi connectivity index (χ0v) is 8.28. The van der Waals surface area contributed by atoms with Crippen LogP contribution in [-0.2, 0) is 9.47 Å². The van der Waals surface area contributed by atoms with Crippen LogP contribution in [0.15, 0.2) is 0 Å². The van der Waals surface area contributed by atoms with Crippen molar-refractivity contribution < 1.29 is 14.6 Å². The van der Waals surface area contributed by atoms with Crippen LogP contribution in [0.2, 0.25) is 0 Å². The van der Waals surface area contributed by atoms with Crippen LogP contribution in [0.5, 0.6) is 0 Å². The lowest BCUT2D eigenvalue weighted by Crippen LogP contribution is -2.37. The maximum absolute atomic E-state index is 9.69. The number of likely N-dealkylation sites (N-methyl/N-ethyl adjacent to an activating group) is 1. The van der Waals surface area contributed by atoms with Crippen LogP contribution in [-0.4, -0.2) is 42.3 Å². The van der Waals surface area contributed by atoms with E-state index < -0.39 is 11.9 Å². The Labute approximate surface area is 78.2 Å². The number of aliphatic hydroxyl groups excluding tert-OH is 1. The summed E-state index contributed by atoms with van der Waals surface area (Å²) in [5.74, 6) is -0.550. The van der Waals surface area contributed by atoms with Crippen LogP contribution < -0.4 is 5.32 Å². The Bertz CT molecular complexity index is 207. The SMILES string of the molecule is CN[C@@H]1C[C@H](O)[C@H]2OC(C)(C)O[C@H]21. The molecule has 13 heavy (non-hydrogen) atoms. The molecule has 1 saturated heterocycles. The largest absolute Gasteiger partial charge is 0.390 e. The minimum absolute atomic E-state index is 0.00463. The van der Waals surface area contributed by atoms with Gasteiger partial charge in [0.1, 0.15) is 12.2 Å². The highest BCUT2D eigenvalue weighted by Crippen LogP contribution is 2.38. The molecule has 1 aliphatic heterocycles. The predicted octanol–water partition coefficient (Wildman–Crippen LogP) is -0.141. The summed E-state index contributed by atoms with van der Waals surface area (Å²) in [5.41, 5.74) is 0. The van der Waals surface area contributed by atoms with Gasteiger partial charge >= 0.3 is 0 Å². The van der Waals surface area contributed by atoms with Crippen LogP contribution in [0.3, 0.4) is 0 Å². The van der Waals surface area contributed by atoms with Crippen LogP contribution in [0.4, 0.5) is 0 Å². The van der Waals surface area contributed by atoms with Gasteiger partial charge in [0.05, 0.1) is 6.10 Å². The summed E-state index contributed by atoms with van der Waals surface area (Å²) in [6.45, 7) is 3.76. The van der Waals surface area contributed by atoms with E-state index in [0.29, 0.717) is 6.42 Å². The number of fused-ring (bicyclic) bond motifs is 1. The molecule has 1 heterocycles. The lowest BCUT2D eigenvalue weighted by Gasteiger charge is -2.21. The van der Waals surface area contributed by atoms with Gasteiger partial charge < -0.3 is 19.9 Å². The summed E-state index contributed by atoms with van der Waals surface area (Å²) in [7, 11) is 1.88. The van der Waals surface area contributed by atoms with Gasteiger partial charge in [-0.2, -0.15) is 0 Å². The van der Waals surface area contributed by atoms with Gasteiger partial charge in [-0.05, 0) is 27.3 Å². The molecule has 1 saturated carbocycles. The minimum atomic E-state index is -0.550. The third-order valence-corrected chi connectivity index (χ3v) is 2.81. The first kappa shape index (κ1) is 9.40. The van der Waals surface area contributed by atoms with Crippen LogP contribution in [0.1, 0.15) is 20.3 Å². The second-order valence-electron chi connectivity index (χ2n) is 4.26. The van der Waals surface area contributed by atoms with E-state index in [0.717, 1.165) is 0 Å². The molecule has 76 valence electrons. The number of ether oxygens (including phenoxy) is 2. The first-order chi connectivity index (χ1) is 6.03. The van der Waals surface area contributed by atoms with Gasteiger partial charge in [-0.3, -0.25) is 0 Å². The molecule has 2 rings (SSSR count). The molecule has 0 radical (unpaired) electrons. The van der Waals surface area contributed by atoms with Crippen LogP contribution in [0, 0.1) is 0 Å². The molecule has 0 aromatic carbocycles. The fourth-order valence-electron chi connectivity index (χ4n) is 2.24. The van der Waals surface area contributed by atoms with Crippen molar-refractivity contribution in [2.75, 3.05) is 7.05 Å². The van der Waals surface area contributed by atoms with E-state index in [9.17, 15) is 5.11 Å².